The van der Waals surface area contributed by atoms with Gasteiger partial charge < -0.3 is 15.4 Å². The number of aryl methyl sites for hydroxylation is 1. The molecule has 30 heavy (non-hydrogen) atoms. The van der Waals surface area contributed by atoms with Crippen LogP contribution in [0.15, 0.2) is 46.2 Å². The van der Waals surface area contributed by atoms with E-state index in [-0.39, 0.29) is 39.5 Å². The van der Waals surface area contributed by atoms with E-state index in [9.17, 15) is 23.3 Å². The van der Waals surface area contributed by atoms with Crippen molar-refractivity contribution in [2.75, 3.05) is 25.5 Å². The fourth-order valence-electron chi connectivity index (χ4n) is 2.63. The zero-order chi connectivity index (χ0) is 22.5. The molecule has 0 unspecified atom stereocenters. The van der Waals surface area contributed by atoms with Crippen LogP contribution in [0.25, 0.3) is 0 Å². The number of nitro groups is 1. The second-order valence-corrected chi connectivity index (χ2v) is 9.04. The Morgan fingerprint density at radius 1 is 1.20 bits per heavy atom. The topological polar surface area (TPSA) is 128 Å². The molecule has 2 N–H and O–H groups in total. The molecule has 0 fully saturated rings. The van der Waals surface area contributed by atoms with Crippen LogP contribution in [-0.2, 0) is 14.6 Å². The summed E-state index contributed by atoms with van der Waals surface area (Å²) in [6.45, 7) is 5.82. The number of nitrogens with zero attached hydrogens (tertiary/aromatic N) is 1. The standard InChI is InChI=1S/C20H25N3O6S/c1-13(2)11-22-20(24)12-21-17-8-6-15(29-4)9-19(17)30(27,28)16-7-5-14(3)18(10-16)23(25)26/h5-10,13,21H,11-12H2,1-4H3,(H,22,24). The van der Waals surface area contributed by atoms with Gasteiger partial charge in [-0.05, 0) is 31.0 Å². The van der Waals surface area contributed by atoms with Crippen molar-refractivity contribution in [3.63, 3.8) is 0 Å². The highest BCUT2D eigenvalue weighted by atomic mass is 32.2. The molecular formula is C20H25N3O6S. The third-order valence-corrected chi connectivity index (χ3v) is 6.10. The number of benzene rings is 2. The molecule has 1 amide bonds. The maximum atomic E-state index is 13.2. The lowest BCUT2D eigenvalue weighted by molar-refractivity contribution is -0.385. The van der Waals surface area contributed by atoms with Crippen LogP contribution < -0.4 is 15.4 Å². The highest BCUT2D eigenvalue weighted by Crippen LogP contribution is 2.33. The SMILES string of the molecule is COc1ccc(NCC(=O)NCC(C)C)c(S(=O)(=O)c2ccc(C)c([N+](=O)[O-])c2)c1. The van der Waals surface area contributed by atoms with Crippen molar-refractivity contribution in [2.45, 2.75) is 30.6 Å². The van der Waals surface area contributed by atoms with Crippen LogP contribution in [0.2, 0.25) is 0 Å². The molecule has 0 bridgehead atoms. The molecule has 2 rings (SSSR count). The van der Waals surface area contributed by atoms with Crippen molar-refractivity contribution in [1.29, 1.82) is 0 Å². The summed E-state index contributed by atoms with van der Waals surface area (Å²) in [5.74, 6) is 0.294. The van der Waals surface area contributed by atoms with Gasteiger partial charge >= 0.3 is 0 Å². The van der Waals surface area contributed by atoms with E-state index in [1.807, 2.05) is 13.8 Å². The number of sulfone groups is 1. The van der Waals surface area contributed by atoms with E-state index in [4.69, 9.17) is 4.74 Å². The molecular weight excluding hydrogens is 410 g/mol. The minimum atomic E-state index is -4.13. The smallest absolute Gasteiger partial charge is 0.273 e. The van der Waals surface area contributed by atoms with Crippen LogP contribution in [0.3, 0.4) is 0 Å². The highest BCUT2D eigenvalue weighted by molar-refractivity contribution is 7.91. The van der Waals surface area contributed by atoms with Gasteiger partial charge in [-0.3, -0.25) is 14.9 Å². The number of hydrogen-bond acceptors (Lipinski definition) is 7. The molecule has 0 aliphatic rings. The fraction of sp³-hybridized carbons (Fsp3) is 0.350. The third kappa shape index (κ3) is 5.47. The molecule has 0 heterocycles. The second kappa shape index (κ2) is 9.57. The van der Waals surface area contributed by atoms with Gasteiger partial charge in [0.25, 0.3) is 5.69 Å². The molecule has 0 aliphatic carbocycles. The van der Waals surface area contributed by atoms with Gasteiger partial charge in [0.05, 0.1) is 34.1 Å². The Hall–Kier alpha value is -3.14. The van der Waals surface area contributed by atoms with Crippen LogP contribution in [0.1, 0.15) is 19.4 Å². The summed E-state index contributed by atoms with van der Waals surface area (Å²) in [5, 5.41) is 16.8. The summed E-state index contributed by atoms with van der Waals surface area (Å²) in [5.41, 5.74) is 0.255. The van der Waals surface area contributed by atoms with E-state index in [0.717, 1.165) is 6.07 Å². The molecule has 9 nitrogen and oxygen atoms in total. The average Bonchev–Trinajstić information content (AvgIpc) is 2.70. The van der Waals surface area contributed by atoms with E-state index >= 15 is 0 Å². The van der Waals surface area contributed by atoms with Crippen molar-refractivity contribution >= 4 is 27.1 Å². The number of nitrogens with one attached hydrogen (secondary N) is 2. The lowest BCUT2D eigenvalue weighted by Crippen LogP contribution is -2.32. The molecule has 0 radical (unpaired) electrons. The Balaban J connectivity index is 2.42. The van der Waals surface area contributed by atoms with Crippen LogP contribution in [-0.4, -0.2) is 39.4 Å². The van der Waals surface area contributed by atoms with Gasteiger partial charge in [0.15, 0.2) is 0 Å². The lowest BCUT2D eigenvalue weighted by atomic mass is 10.2. The van der Waals surface area contributed by atoms with Gasteiger partial charge in [0.1, 0.15) is 5.75 Å². The van der Waals surface area contributed by atoms with Gasteiger partial charge in [-0.25, -0.2) is 8.42 Å². The molecule has 10 heteroatoms. The zero-order valence-corrected chi connectivity index (χ0v) is 18.1. The van der Waals surface area contributed by atoms with Gasteiger partial charge in [0.2, 0.25) is 15.7 Å². The number of methoxy groups -OCH3 is 1. The Labute approximate surface area is 175 Å². The van der Waals surface area contributed by atoms with Crippen molar-refractivity contribution in [1.82, 2.24) is 5.32 Å². The maximum Gasteiger partial charge on any atom is 0.273 e. The molecule has 2 aromatic rings. The Morgan fingerprint density at radius 3 is 2.50 bits per heavy atom. The van der Waals surface area contributed by atoms with E-state index in [0.29, 0.717) is 17.9 Å². The predicted octanol–water partition coefficient (Wildman–Crippen LogP) is 2.93. The van der Waals surface area contributed by atoms with Crippen molar-refractivity contribution < 1.29 is 22.9 Å². The molecule has 0 aliphatic heterocycles. The van der Waals surface area contributed by atoms with Crippen molar-refractivity contribution in [2.24, 2.45) is 5.92 Å². The first kappa shape index (κ1) is 23.1. The minimum Gasteiger partial charge on any atom is -0.497 e. The summed E-state index contributed by atoms with van der Waals surface area (Å²) in [4.78, 5) is 22.2. The number of carbonyl (C=O) groups excluding carboxylic acids is 1. The number of carbonyl (C=O) groups is 1. The number of rotatable bonds is 9. The summed E-state index contributed by atoms with van der Waals surface area (Å²) in [6, 6.07) is 8.10. The van der Waals surface area contributed by atoms with Crippen LogP contribution >= 0.6 is 0 Å². The fourth-order valence-corrected chi connectivity index (χ4v) is 4.10. The first-order valence-corrected chi connectivity index (χ1v) is 10.7. The molecule has 162 valence electrons. The van der Waals surface area contributed by atoms with Gasteiger partial charge in [-0.2, -0.15) is 0 Å². The summed E-state index contributed by atoms with van der Waals surface area (Å²) < 4.78 is 31.6. The van der Waals surface area contributed by atoms with Crippen molar-refractivity contribution in [3.8, 4) is 5.75 Å². The van der Waals surface area contributed by atoms with Crippen molar-refractivity contribution in [3.05, 3.63) is 52.1 Å². The average molecular weight is 436 g/mol. The first-order valence-electron chi connectivity index (χ1n) is 9.25. The van der Waals surface area contributed by atoms with Crippen LogP contribution in [0.5, 0.6) is 5.75 Å². The normalized spacial score (nSPS) is 11.2. The second-order valence-electron chi connectivity index (χ2n) is 7.12. The Kier molecular flexibility index (Phi) is 7.38. The minimum absolute atomic E-state index is 0.129. The summed E-state index contributed by atoms with van der Waals surface area (Å²) >= 11 is 0. The summed E-state index contributed by atoms with van der Waals surface area (Å²) in [7, 11) is -2.73. The third-order valence-electron chi connectivity index (χ3n) is 4.31. The Bertz CT molecular complexity index is 1050. The highest BCUT2D eigenvalue weighted by Gasteiger charge is 2.25. The first-order chi connectivity index (χ1) is 14.1. The van der Waals surface area contributed by atoms with Gasteiger partial charge in [-0.1, -0.05) is 19.9 Å². The number of amides is 1. The maximum absolute atomic E-state index is 13.2. The zero-order valence-electron chi connectivity index (χ0n) is 17.3. The predicted molar refractivity (Wildman–Crippen MR) is 113 cm³/mol. The molecule has 0 saturated carbocycles. The lowest BCUT2D eigenvalue weighted by Gasteiger charge is -2.15. The molecule has 0 aromatic heterocycles. The molecule has 2 aromatic carbocycles. The van der Waals surface area contributed by atoms with E-state index in [1.165, 1.54) is 38.3 Å². The molecule has 0 spiro atoms. The molecule has 0 saturated heterocycles. The Morgan fingerprint density at radius 2 is 1.90 bits per heavy atom. The van der Waals surface area contributed by atoms with Gasteiger partial charge in [-0.15, -0.1) is 0 Å². The number of nitro benzene ring substituents is 1. The number of anilines is 1. The van der Waals surface area contributed by atoms with Crippen LogP contribution in [0.4, 0.5) is 11.4 Å². The number of ether oxygens (including phenoxy) is 1. The monoisotopic (exact) mass is 435 g/mol. The number of hydrogen-bond donors (Lipinski definition) is 2. The van der Waals surface area contributed by atoms with Gasteiger partial charge in [0, 0.05) is 24.2 Å². The summed E-state index contributed by atoms with van der Waals surface area (Å²) in [6.07, 6.45) is 0. The largest absolute Gasteiger partial charge is 0.497 e. The van der Waals surface area contributed by atoms with Crippen LogP contribution in [0, 0.1) is 23.0 Å². The van der Waals surface area contributed by atoms with E-state index in [1.54, 1.807) is 6.07 Å². The van der Waals surface area contributed by atoms with E-state index in [2.05, 4.69) is 10.6 Å². The quantitative estimate of drug-likeness (QED) is 0.458. The van der Waals surface area contributed by atoms with E-state index < -0.39 is 14.8 Å². The molecule has 0 atom stereocenters.